The van der Waals surface area contributed by atoms with Crippen molar-refractivity contribution in [3.8, 4) is 17.1 Å². The molecule has 0 saturated carbocycles. The zero-order valence-electron chi connectivity index (χ0n) is 16.2. The summed E-state index contributed by atoms with van der Waals surface area (Å²) in [5.41, 5.74) is 1.85. The third kappa shape index (κ3) is 4.59. The minimum atomic E-state index is -0.102. The Labute approximate surface area is 174 Å². The van der Waals surface area contributed by atoms with Crippen LogP contribution in [0.4, 0.5) is 0 Å². The van der Waals surface area contributed by atoms with Gasteiger partial charge in [-0.05, 0) is 48.4 Å². The van der Waals surface area contributed by atoms with Crippen molar-refractivity contribution in [3.05, 3.63) is 65.0 Å². The average Bonchev–Trinajstić information content (AvgIpc) is 3.34. The molecule has 1 fully saturated rings. The summed E-state index contributed by atoms with van der Waals surface area (Å²) in [4.78, 5) is 18.8. The Hall–Kier alpha value is -2.86. The van der Waals surface area contributed by atoms with E-state index in [0.29, 0.717) is 42.9 Å². The molecular weight excluding hydrogens is 390 g/mol. The molecule has 0 aliphatic carbocycles. The topological polar surface area (TPSA) is 68.5 Å². The van der Waals surface area contributed by atoms with Crippen molar-refractivity contribution >= 4 is 17.5 Å². The van der Waals surface area contributed by atoms with Crippen LogP contribution in [-0.2, 0) is 11.3 Å². The summed E-state index contributed by atoms with van der Waals surface area (Å²) in [6.07, 6.45) is 1.33. The molecule has 1 aromatic heterocycles. The van der Waals surface area contributed by atoms with Crippen LogP contribution < -0.4 is 4.74 Å². The van der Waals surface area contributed by atoms with Crippen LogP contribution in [0.5, 0.6) is 5.75 Å². The first-order valence-corrected chi connectivity index (χ1v) is 10.1. The third-order valence-electron chi connectivity index (χ3n) is 4.85. The Morgan fingerprint density at radius 2 is 2.07 bits per heavy atom. The quantitative estimate of drug-likeness (QED) is 0.563. The van der Waals surface area contributed by atoms with Gasteiger partial charge < -0.3 is 14.2 Å². The van der Waals surface area contributed by atoms with Crippen LogP contribution in [-0.4, -0.2) is 34.1 Å². The summed E-state index contributed by atoms with van der Waals surface area (Å²) in [7, 11) is 0. The third-order valence-corrected chi connectivity index (χ3v) is 5.09. The van der Waals surface area contributed by atoms with Crippen molar-refractivity contribution < 1.29 is 14.1 Å². The number of rotatable bonds is 7. The van der Waals surface area contributed by atoms with Crippen LogP contribution in [0, 0.1) is 0 Å². The number of nitrogens with zero attached hydrogens (tertiary/aromatic N) is 3. The first kappa shape index (κ1) is 19.5. The molecule has 1 saturated heterocycles. The van der Waals surface area contributed by atoms with Crippen molar-refractivity contribution in [2.45, 2.75) is 32.2 Å². The lowest BCUT2D eigenvalue weighted by molar-refractivity contribution is -0.128. The molecule has 4 rings (SSSR count). The van der Waals surface area contributed by atoms with Crippen molar-refractivity contribution in [2.24, 2.45) is 0 Å². The minimum Gasteiger partial charge on any atom is -0.494 e. The monoisotopic (exact) mass is 411 g/mol. The molecule has 1 unspecified atom stereocenters. The van der Waals surface area contributed by atoms with Gasteiger partial charge in [0.25, 0.3) is 0 Å². The lowest BCUT2D eigenvalue weighted by Crippen LogP contribution is -2.24. The molecule has 2 aromatic carbocycles. The number of carbonyl (C=O) groups is 1. The van der Waals surface area contributed by atoms with Crippen LogP contribution in [0.25, 0.3) is 11.4 Å². The van der Waals surface area contributed by atoms with E-state index >= 15 is 0 Å². The molecule has 7 heteroatoms. The van der Waals surface area contributed by atoms with Crippen LogP contribution >= 0.6 is 11.6 Å². The first-order chi connectivity index (χ1) is 14.1. The largest absolute Gasteiger partial charge is 0.494 e. The van der Waals surface area contributed by atoms with Gasteiger partial charge in [-0.2, -0.15) is 4.98 Å². The molecule has 2 heterocycles. The summed E-state index contributed by atoms with van der Waals surface area (Å²) in [6, 6.07) is 15.2. The van der Waals surface area contributed by atoms with Gasteiger partial charge in [-0.3, -0.25) is 4.79 Å². The van der Waals surface area contributed by atoms with Crippen molar-refractivity contribution in [1.82, 2.24) is 15.0 Å². The van der Waals surface area contributed by atoms with Crippen molar-refractivity contribution in [1.29, 1.82) is 0 Å². The van der Waals surface area contributed by atoms with Gasteiger partial charge in [-0.25, -0.2) is 0 Å². The molecule has 0 bridgehead atoms. The zero-order valence-corrected chi connectivity index (χ0v) is 16.9. The molecule has 150 valence electrons. The van der Waals surface area contributed by atoms with Crippen molar-refractivity contribution in [3.63, 3.8) is 0 Å². The van der Waals surface area contributed by atoms with E-state index in [-0.39, 0.29) is 11.8 Å². The van der Waals surface area contributed by atoms with Crippen LogP contribution in [0.1, 0.15) is 37.1 Å². The average molecular weight is 412 g/mol. The summed E-state index contributed by atoms with van der Waals surface area (Å²) in [6.45, 7) is 3.83. The second-order valence-electron chi connectivity index (χ2n) is 7.13. The molecule has 0 N–H and O–H groups in total. The summed E-state index contributed by atoms with van der Waals surface area (Å²) >= 11 is 6.04. The van der Waals surface area contributed by atoms with E-state index in [1.807, 2.05) is 48.5 Å². The van der Waals surface area contributed by atoms with E-state index in [1.54, 1.807) is 4.90 Å². The molecule has 3 aromatic rings. The van der Waals surface area contributed by atoms with Gasteiger partial charge >= 0.3 is 0 Å². The number of ether oxygens (including phenoxy) is 1. The molecule has 1 amide bonds. The van der Waals surface area contributed by atoms with Gasteiger partial charge in [-0.1, -0.05) is 35.8 Å². The van der Waals surface area contributed by atoms with E-state index in [0.717, 1.165) is 23.3 Å². The number of aromatic nitrogens is 2. The number of benzene rings is 2. The lowest BCUT2D eigenvalue weighted by atomic mass is 10.1. The number of hydrogen-bond acceptors (Lipinski definition) is 5. The molecular formula is C22H22ClN3O3. The highest BCUT2D eigenvalue weighted by Gasteiger charge is 2.34. The molecule has 1 aliphatic heterocycles. The Morgan fingerprint density at radius 1 is 1.24 bits per heavy atom. The van der Waals surface area contributed by atoms with Gasteiger partial charge in [0.2, 0.25) is 17.6 Å². The fourth-order valence-corrected chi connectivity index (χ4v) is 3.60. The maximum atomic E-state index is 12.4. The molecule has 29 heavy (non-hydrogen) atoms. The number of likely N-dealkylation sites (tertiary alicyclic amines) is 1. The normalized spacial score (nSPS) is 16.4. The fourth-order valence-electron chi connectivity index (χ4n) is 3.38. The first-order valence-electron chi connectivity index (χ1n) is 9.71. The number of amides is 1. The molecule has 6 nitrogen and oxygen atoms in total. The van der Waals surface area contributed by atoms with Gasteiger partial charge in [0, 0.05) is 30.1 Å². The Balaban J connectivity index is 1.42. The van der Waals surface area contributed by atoms with Gasteiger partial charge in [0.15, 0.2) is 0 Å². The summed E-state index contributed by atoms with van der Waals surface area (Å²) in [5.74, 6) is 1.80. The number of halogens is 1. The predicted octanol–water partition coefficient (Wildman–Crippen LogP) is 4.69. The fraction of sp³-hybridized carbons (Fsp3) is 0.318. The summed E-state index contributed by atoms with van der Waals surface area (Å²) in [5, 5.41) is 4.76. The molecule has 0 spiro atoms. The van der Waals surface area contributed by atoms with Gasteiger partial charge in [-0.15, -0.1) is 0 Å². The van der Waals surface area contributed by atoms with E-state index in [2.05, 4.69) is 17.1 Å². The SMILES string of the molecule is CCCOc1ccc(-c2noc(C3CC(=O)N(Cc4cccc(Cl)c4)C3)n2)cc1. The second kappa shape index (κ2) is 8.66. The van der Waals surface area contributed by atoms with E-state index in [9.17, 15) is 4.79 Å². The smallest absolute Gasteiger partial charge is 0.232 e. The number of carbonyl (C=O) groups excluding carboxylic acids is 1. The van der Waals surface area contributed by atoms with Crippen LogP contribution in [0.2, 0.25) is 5.02 Å². The van der Waals surface area contributed by atoms with E-state index in [1.165, 1.54) is 0 Å². The van der Waals surface area contributed by atoms with Crippen LogP contribution in [0.15, 0.2) is 53.1 Å². The minimum absolute atomic E-state index is 0.0761. The second-order valence-corrected chi connectivity index (χ2v) is 7.57. The highest BCUT2D eigenvalue weighted by atomic mass is 35.5. The Bertz CT molecular complexity index is 987. The molecule has 0 radical (unpaired) electrons. The predicted molar refractivity (Wildman–Crippen MR) is 110 cm³/mol. The highest BCUT2D eigenvalue weighted by molar-refractivity contribution is 6.30. The number of hydrogen-bond donors (Lipinski definition) is 0. The van der Waals surface area contributed by atoms with E-state index in [4.69, 9.17) is 20.9 Å². The highest BCUT2D eigenvalue weighted by Crippen LogP contribution is 2.30. The van der Waals surface area contributed by atoms with Gasteiger partial charge in [0.1, 0.15) is 5.75 Å². The molecule has 1 aliphatic rings. The van der Waals surface area contributed by atoms with Gasteiger partial charge in [0.05, 0.1) is 12.5 Å². The maximum absolute atomic E-state index is 12.4. The van der Waals surface area contributed by atoms with Crippen molar-refractivity contribution in [2.75, 3.05) is 13.2 Å². The van der Waals surface area contributed by atoms with E-state index < -0.39 is 0 Å². The molecule has 1 atom stereocenters. The maximum Gasteiger partial charge on any atom is 0.232 e. The standard InChI is InChI=1S/C22H22ClN3O3/c1-2-10-28-19-8-6-16(7-9-19)21-24-22(29-25-21)17-12-20(27)26(14-17)13-15-4-3-5-18(23)11-15/h3-9,11,17H,2,10,12-14H2,1H3. The Morgan fingerprint density at radius 3 is 2.83 bits per heavy atom. The lowest BCUT2D eigenvalue weighted by Gasteiger charge is -2.16. The van der Waals surface area contributed by atoms with Crippen LogP contribution in [0.3, 0.4) is 0 Å². The summed E-state index contributed by atoms with van der Waals surface area (Å²) < 4.78 is 11.1. The Kier molecular flexibility index (Phi) is 5.81. The zero-order chi connectivity index (χ0) is 20.2.